The number of rotatable bonds is 9. The number of anilines is 1. The molecule has 0 unspecified atom stereocenters. The predicted octanol–water partition coefficient (Wildman–Crippen LogP) is 3.86. The Morgan fingerprint density at radius 2 is 1.84 bits per heavy atom. The number of ether oxygens (including phenoxy) is 1. The molecule has 0 spiro atoms. The first-order valence-electron chi connectivity index (χ1n) is 10.7. The van der Waals surface area contributed by atoms with Crippen LogP contribution in [0.25, 0.3) is 10.9 Å². The second-order valence-electron chi connectivity index (χ2n) is 7.98. The van der Waals surface area contributed by atoms with E-state index in [1.165, 1.54) is 16.7 Å². The van der Waals surface area contributed by atoms with Crippen LogP contribution in [-0.2, 0) is 17.8 Å². The molecule has 2 aromatic carbocycles. The number of aryl methyl sites for hydroxylation is 3. The first kappa shape index (κ1) is 22.8. The zero-order valence-electron chi connectivity index (χ0n) is 19.1. The Morgan fingerprint density at radius 3 is 2.48 bits per heavy atom. The van der Waals surface area contributed by atoms with Gasteiger partial charge in [0.2, 0.25) is 0 Å². The minimum Gasteiger partial charge on any atom is -0.395 e. The predicted molar refractivity (Wildman–Crippen MR) is 126 cm³/mol. The van der Waals surface area contributed by atoms with Gasteiger partial charge in [0.15, 0.2) is 0 Å². The lowest BCUT2D eigenvalue weighted by Crippen LogP contribution is -2.26. The number of hydrogen-bond acceptors (Lipinski definition) is 4. The molecule has 1 amide bonds. The van der Waals surface area contributed by atoms with Crippen LogP contribution in [0.2, 0.25) is 0 Å². The minimum absolute atomic E-state index is 0.0861. The van der Waals surface area contributed by atoms with Gasteiger partial charge in [0.05, 0.1) is 24.4 Å². The molecule has 166 valence electrons. The molecule has 1 aromatic heterocycles. The summed E-state index contributed by atoms with van der Waals surface area (Å²) in [6.45, 7) is 10.6. The quantitative estimate of drug-likeness (QED) is 0.489. The maximum absolute atomic E-state index is 12.7. The summed E-state index contributed by atoms with van der Waals surface area (Å²) in [5.41, 5.74) is 8.63. The second-order valence-corrected chi connectivity index (χ2v) is 7.98. The zero-order valence-corrected chi connectivity index (χ0v) is 19.1. The van der Waals surface area contributed by atoms with E-state index in [-0.39, 0.29) is 19.1 Å². The van der Waals surface area contributed by atoms with Crippen molar-refractivity contribution in [2.24, 2.45) is 0 Å². The molecular formula is C25H33N3O3. The Balaban J connectivity index is 2.10. The molecule has 0 atom stereocenters. The average molecular weight is 424 g/mol. The number of aromatic nitrogens is 1. The fourth-order valence-electron chi connectivity index (χ4n) is 4.09. The highest BCUT2D eigenvalue weighted by molar-refractivity contribution is 6.04. The van der Waals surface area contributed by atoms with Crippen molar-refractivity contribution in [1.29, 1.82) is 0 Å². The number of aliphatic hydroxyl groups is 1. The maximum atomic E-state index is 12.7. The highest BCUT2D eigenvalue weighted by atomic mass is 16.5. The number of amides is 1. The molecule has 3 rings (SSSR count). The van der Waals surface area contributed by atoms with Gasteiger partial charge in [-0.05, 0) is 62.1 Å². The summed E-state index contributed by atoms with van der Waals surface area (Å²) >= 11 is 0. The topological polar surface area (TPSA) is 75.5 Å². The van der Waals surface area contributed by atoms with Gasteiger partial charge in [-0.25, -0.2) is 0 Å². The molecule has 3 N–H and O–H groups in total. The minimum atomic E-state index is -0.187. The van der Waals surface area contributed by atoms with E-state index in [1.807, 2.05) is 12.1 Å². The number of hydrogen-bond donors (Lipinski definition) is 3. The first-order valence-corrected chi connectivity index (χ1v) is 10.7. The molecule has 0 aliphatic rings. The molecule has 0 bridgehead atoms. The molecule has 0 aliphatic carbocycles. The highest BCUT2D eigenvalue weighted by Gasteiger charge is 2.18. The van der Waals surface area contributed by atoms with Gasteiger partial charge in [-0.15, -0.1) is 0 Å². The van der Waals surface area contributed by atoms with E-state index in [2.05, 4.69) is 61.1 Å². The normalized spacial score (nSPS) is 11.2. The van der Waals surface area contributed by atoms with Crippen LogP contribution < -0.4 is 10.6 Å². The number of carbonyl (C=O) groups is 1. The molecule has 6 nitrogen and oxygen atoms in total. The van der Waals surface area contributed by atoms with E-state index in [0.29, 0.717) is 18.7 Å². The number of benzene rings is 2. The Kier molecular flexibility index (Phi) is 7.36. The summed E-state index contributed by atoms with van der Waals surface area (Å²) in [6.07, 6.45) is 0. The summed E-state index contributed by atoms with van der Waals surface area (Å²) in [4.78, 5) is 12.7. The van der Waals surface area contributed by atoms with Gasteiger partial charge in [0.1, 0.15) is 0 Å². The number of aliphatic hydroxyl groups excluding tert-OH is 1. The Morgan fingerprint density at radius 1 is 1.13 bits per heavy atom. The van der Waals surface area contributed by atoms with Crippen LogP contribution in [0, 0.1) is 27.7 Å². The van der Waals surface area contributed by atoms with Crippen LogP contribution in [0.15, 0.2) is 30.3 Å². The van der Waals surface area contributed by atoms with E-state index in [4.69, 9.17) is 9.84 Å². The molecule has 6 heteroatoms. The molecule has 0 fully saturated rings. The Hall–Kier alpha value is -2.83. The largest absolute Gasteiger partial charge is 0.395 e. The number of nitrogens with zero attached hydrogens (tertiary/aromatic N) is 1. The van der Waals surface area contributed by atoms with Gasteiger partial charge in [0.25, 0.3) is 5.91 Å². The molecule has 0 saturated carbocycles. The van der Waals surface area contributed by atoms with E-state index >= 15 is 0 Å². The van der Waals surface area contributed by atoms with E-state index < -0.39 is 0 Å². The molecule has 1 heterocycles. The van der Waals surface area contributed by atoms with Crippen molar-refractivity contribution in [3.63, 3.8) is 0 Å². The summed E-state index contributed by atoms with van der Waals surface area (Å²) in [6, 6.07) is 10.2. The van der Waals surface area contributed by atoms with Gasteiger partial charge in [-0.1, -0.05) is 18.2 Å². The second kappa shape index (κ2) is 9.98. The first-order chi connectivity index (χ1) is 14.9. The number of fused-ring (bicyclic) bond motifs is 1. The summed E-state index contributed by atoms with van der Waals surface area (Å²) < 4.78 is 7.60. The molecular weight excluding hydrogens is 390 g/mol. The van der Waals surface area contributed by atoms with E-state index in [1.54, 1.807) is 7.11 Å². The fourth-order valence-corrected chi connectivity index (χ4v) is 4.09. The maximum Gasteiger partial charge on any atom is 0.251 e. The fraction of sp³-hybridized carbons (Fsp3) is 0.400. The molecule has 0 radical (unpaired) electrons. The summed E-state index contributed by atoms with van der Waals surface area (Å²) in [5, 5.41) is 16.5. The third kappa shape index (κ3) is 4.75. The number of methoxy groups -OCH3 is 1. The monoisotopic (exact) mass is 423 g/mol. The summed E-state index contributed by atoms with van der Waals surface area (Å²) in [5.74, 6) is -0.187. The lowest BCUT2D eigenvalue weighted by molar-refractivity contribution is 0.0945. The molecule has 0 aliphatic heterocycles. The Labute approximate surface area is 184 Å². The van der Waals surface area contributed by atoms with Gasteiger partial charge < -0.3 is 25.0 Å². The molecule has 0 saturated heterocycles. The van der Waals surface area contributed by atoms with Crippen LogP contribution in [0.5, 0.6) is 0 Å². The Bertz CT molecular complexity index is 1070. The van der Waals surface area contributed by atoms with Gasteiger partial charge in [0, 0.05) is 43.4 Å². The molecule has 31 heavy (non-hydrogen) atoms. The molecule has 3 aromatic rings. The van der Waals surface area contributed by atoms with Gasteiger partial charge in [-0.2, -0.15) is 0 Å². The van der Waals surface area contributed by atoms with Crippen molar-refractivity contribution >= 4 is 22.5 Å². The standard InChI is InChI=1S/C25H33N3O3/c1-16-7-6-8-17(2)22(16)15-27-23-14-20(25(30)26-9-11-29)13-21-18(3)19(4)28(24(21)23)10-12-31-5/h6-8,13-14,27,29H,9-12,15H2,1-5H3,(H,26,30). The van der Waals surface area contributed by atoms with Crippen molar-refractivity contribution in [2.45, 2.75) is 40.8 Å². The number of carbonyl (C=O) groups excluding carboxylic acids is 1. The average Bonchev–Trinajstić information content (AvgIpc) is 3.00. The lowest BCUT2D eigenvalue weighted by Gasteiger charge is -2.16. The van der Waals surface area contributed by atoms with Crippen LogP contribution >= 0.6 is 0 Å². The van der Waals surface area contributed by atoms with Crippen LogP contribution in [0.1, 0.15) is 38.3 Å². The highest BCUT2D eigenvalue weighted by Crippen LogP contribution is 2.33. The zero-order chi connectivity index (χ0) is 22.5. The van der Waals surface area contributed by atoms with Crippen molar-refractivity contribution in [2.75, 3.05) is 32.2 Å². The van der Waals surface area contributed by atoms with Crippen molar-refractivity contribution in [1.82, 2.24) is 9.88 Å². The SMILES string of the molecule is COCCn1c(C)c(C)c2cc(C(=O)NCCO)cc(NCc3c(C)cccc3C)c21. The van der Waals surface area contributed by atoms with Gasteiger partial charge >= 0.3 is 0 Å². The van der Waals surface area contributed by atoms with Gasteiger partial charge in [-0.3, -0.25) is 4.79 Å². The number of nitrogens with one attached hydrogen (secondary N) is 2. The van der Waals surface area contributed by atoms with Crippen LogP contribution in [-0.4, -0.2) is 42.4 Å². The van der Waals surface area contributed by atoms with E-state index in [0.717, 1.165) is 34.4 Å². The summed E-state index contributed by atoms with van der Waals surface area (Å²) in [7, 11) is 1.71. The third-order valence-electron chi connectivity index (χ3n) is 6.01. The smallest absolute Gasteiger partial charge is 0.251 e. The van der Waals surface area contributed by atoms with Crippen molar-refractivity contribution in [3.8, 4) is 0 Å². The van der Waals surface area contributed by atoms with Crippen LogP contribution in [0.4, 0.5) is 5.69 Å². The lowest BCUT2D eigenvalue weighted by atomic mass is 10.0. The van der Waals surface area contributed by atoms with E-state index in [9.17, 15) is 4.79 Å². The third-order valence-corrected chi connectivity index (χ3v) is 6.01. The van der Waals surface area contributed by atoms with Crippen molar-refractivity contribution < 1.29 is 14.6 Å². The van der Waals surface area contributed by atoms with Crippen LogP contribution in [0.3, 0.4) is 0 Å². The van der Waals surface area contributed by atoms with Crippen molar-refractivity contribution in [3.05, 3.63) is 63.8 Å².